The molecule has 0 radical (unpaired) electrons. The zero-order chi connectivity index (χ0) is 25.9. The van der Waals surface area contributed by atoms with Crippen molar-refractivity contribution < 1.29 is 27.4 Å². The van der Waals surface area contributed by atoms with Crippen LogP contribution in [0, 0.1) is 29.4 Å². The Morgan fingerprint density at radius 2 is 1.78 bits per heavy atom. The first kappa shape index (κ1) is 25.8. The highest BCUT2D eigenvalue weighted by Crippen LogP contribution is 2.49. The summed E-state index contributed by atoms with van der Waals surface area (Å²) in [6.45, 7) is 2.75. The third-order valence-corrected chi connectivity index (χ3v) is 7.80. The lowest BCUT2D eigenvalue weighted by molar-refractivity contribution is -0.137. The molecule has 1 saturated carbocycles. The number of anilines is 1. The average molecular weight is 519 g/mol. The van der Waals surface area contributed by atoms with Gasteiger partial charge in [-0.25, -0.2) is 23.1 Å². The smallest absolute Gasteiger partial charge is 0.227 e. The number of likely N-dealkylation sites (tertiary alicyclic amines) is 1. The van der Waals surface area contributed by atoms with Crippen molar-refractivity contribution in [3.8, 4) is 5.75 Å². The molecule has 1 aliphatic carbocycles. The average Bonchev–Trinajstić information content (AvgIpc) is 3.64. The van der Waals surface area contributed by atoms with E-state index in [1.54, 1.807) is 7.11 Å². The van der Waals surface area contributed by atoms with E-state index in [0.717, 1.165) is 62.4 Å². The first-order valence-corrected chi connectivity index (χ1v) is 13.0. The Morgan fingerprint density at radius 3 is 2.41 bits per heavy atom. The molecule has 2 aliphatic heterocycles. The van der Waals surface area contributed by atoms with Crippen molar-refractivity contribution >= 4 is 11.9 Å². The fourth-order valence-corrected chi connectivity index (χ4v) is 5.51. The van der Waals surface area contributed by atoms with Crippen molar-refractivity contribution in [3.05, 3.63) is 47.3 Å². The van der Waals surface area contributed by atoms with Gasteiger partial charge in [0.05, 0.1) is 32.7 Å². The lowest BCUT2D eigenvalue weighted by Crippen LogP contribution is -2.52. The predicted octanol–water partition coefficient (Wildman–Crippen LogP) is 3.95. The molecule has 5 rings (SSSR count). The van der Waals surface area contributed by atoms with Gasteiger partial charge in [-0.3, -0.25) is 4.79 Å². The number of ether oxygens (including phenoxy) is 2. The minimum Gasteiger partial charge on any atom is -0.493 e. The van der Waals surface area contributed by atoms with Crippen LogP contribution in [-0.4, -0.2) is 66.8 Å². The number of amides is 1. The van der Waals surface area contributed by atoms with E-state index < -0.39 is 30.1 Å². The van der Waals surface area contributed by atoms with Crippen molar-refractivity contribution in [2.75, 3.05) is 44.8 Å². The summed E-state index contributed by atoms with van der Waals surface area (Å²) >= 11 is 0. The van der Waals surface area contributed by atoms with Crippen LogP contribution in [-0.2, 0) is 22.6 Å². The summed E-state index contributed by atoms with van der Waals surface area (Å²) in [6, 6.07) is 2.26. The summed E-state index contributed by atoms with van der Waals surface area (Å²) in [5.74, 6) is 0.705. The Hall–Kier alpha value is -2.88. The van der Waals surface area contributed by atoms with Gasteiger partial charge in [-0.1, -0.05) is 0 Å². The molecule has 3 aliphatic rings. The molecule has 7 nitrogen and oxygen atoms in total. The van der Waals surface area contributed by atoms with Gasteiger partial charge in [0, 0.05) is 55.9 Å². The van der Waals surface area contributed by atoms with Crippen molar-refractivity contribution in [2.24, 2.45) is 17.8 Å². The molecular weight excluding hydrogens is 485 g/mol. The quantitative estimate of drug-likeness (QED) is 0.475. The second-order valence-corrected chi connectivity index (χ2v) is 10.4. The van der Waals surface area contributed by atoms with Gasteiger partial charge in [0.2, 0.25) is 11.9 Å². The Balaban J connectivity index is 1.03. The molecule has 0 spiro atoms. The second-order valence-electron chi connectivity index (χ2n) is 10.4. The Bertz CT molecular complexity index is 1070. The number of hydrogen-bond acceptors (Lipinski definition) is 6. The zero-order valence-electron chi connectivity index (χ0n) is 21.0. The molecule has 2 atom stereocenters. The Kier molecular flexibility index (Phi) is 7.83. The molecule has 3 heterocycles. The van der Waals surface area contributed by atoms with E-state index in [-0.39, 0.29) is 24.4 Å². The van der Waals surface area contributed by atoms with Crippen LogP contribution in [0.1, 0.15) is 36.8 Å². The third-order valence-electron chi connectivity index (χ3n) is 7.80. The summed E-state index contributed by atoms with van der Waals surface area (Å²) in [7, 11) is 1.65. The molecule has 2 unspecified atom stereocenters. The number of rotatable bonds is 10. The van der Waals surface area contributed by atoms with Gasteiger partial charge >= 0.3 is 0 Å². The molecule has 37 heavy (non-hydrogen) atoms. The Morgan fingerprint density at radius 1 is 1.11 bits per heavy atom. The molecule has 1 amide bonds. The second kappa shape index (κ2) is 11.2. The highest BCUT2D eigenvalue weighted by atomic mass is 19.1. The maximum atomic E-state index is 14.5. The van der Waals surface area contributed by atoms with Crippen LogP contribution in [0.15, 0.2) is 24.5 Å². The van der Waals surface area contributed by atoms with Crippen LogP contribution < -0.4 is 9.64 Å². The number of nitrogens with zero attached hydrogens (tertiary/aromatic N) is 4. The van der Waals surface area contributed by atoms with E-state index in [2.05, 4.69) is 14.9 Å². The third kappa shape index (κ3) is 6.17. The molecule has 3 fully saturated rings. The number of alkyl halides is 1. The van der Waals surface area contributed by atoms with Crippen molar-refractivity contribution in [1.82, 2.24) is 14.9 Å². The predicted molar refractivity (Wildman–Crippen MR) is 131 cm³/mol. The highest BCUT2D eigenvalue weighted by molar-refractivity contribution is 5.79. The molecule has 1 aromatic carbocycles. The number of benzene rings is 1. The lowest BCUT2D eigenvalue weighted by Gasteiger charge is -2.34. The molecule has 2 aromatic rings. The molecule has 0 bridgehead atoms. The van der Waals surface area contributed by atoms with E-state index >= 15 is 0 Å². The molecule has 0 N–H and O–H groups in total. The number of methoxy groups -OCH3 is 1. The summed E-state index contributed by atoms with van der Waals surface area (Å²) < 4.78 is 52.6. The van der Waals surface area contributed by atoms with Crippen LogP contribution in [0.25, 0.3) is 0 Å². The van der Waals surface area contributed by atoms with Crippen LogP contribution >= 0.6 is 0 Å². The number of carbonyl (C=O) groups is 1. The van der Waals surface area contributed by atoms with Crippen molar-refractivity contribution in [1.29, 1.82) is 0 Å². The van der Waals surface area contributed by atoms with E-state index in [4.69, 9.17) is 9.47 Å². The van der Waals surface area contributed by atoms with E-state index in [1.807, 2.05) is 12.4 Å². The van der Waals surface area contributed by atoms with Gasteiger partial charge in [0.25, 0.3) is 0 Å². The SMILES string of the molecule is COCc1cnc(N2CCC(C3CC3CCOc3cc(F)c(CC(=O)N4CC(F)C4)c(F)c3)CC2)nc1. The normalized spacial score (nSPS) is 22.2. The first-order chi connectivity index (χ1) is 17.9. The minimum atomic E-state index is -1.05. The zero-order valence-corrected chi connectivity index (χ0v) is 21.0. The van der Waals surface area contributed by atoms with Gasteiger partial charge in [0.15, 0.2) is 0 Å². The van der Waals surface area contributed by atoms with Crippen LogP contribution in [0.5, 0.6) is 5.75 Å². The maximum Gasteiger partial charge on any atom is 0.227 e. The topological polar surface area (TPSA) is 67.8 Å². The minimum absolute atomic E-state index is 0.0118. The van der Waals surface area contributed by atoms with Crippen molar-refractivity contribution in [3.63, 3.8) is 0 Å². The van der Waals surface area contributed by atoms with Crippen molar-refractivity contribution in [2.45, 2.75) is 44.9 Å². The lowest BCUT2D eigenvalue weighted by atomic mass is 9.90. The van der Waals surface area contributed by atoms with Crippen LogP contribution in [0.3, 0.4) is 0 Å². The number of piperidine rings is 1. The van der Waals surface area contributed by atoms with Gasteiger partial charge in [-0.15, -0.1) is 0 Å². The van der Waals surface area contributed by atoms with Crippen LogP contribution in [0.4, 0.5) is 19.1 Å². The van der Waals surface area contributed by atoms with Gasteiger partial charge < -0.3 is 19.3 Å². The van der Waals surface area contributed by atoms with E-state index in [0.29, 0.717) is 31.0 Å². The number of carbonyl (C=O) groups excluding carboxylic acids is 1. The van der Waals surface area contributed by atoms with E-state index in [1.165, 1.54) is 4.90 Å². The monoisotopic (exact) mass is 518 g/mol. The van der Waals surface area contributed by atoms with Gasteiger partial charge in [0.1, 0.15) is 23.6 Å². The number of aromatic nitrogens is 2. The summed E-state index contributed by atoms with van der Waals surface area (Å²) in [6.07, 6.45) is 6.37. The van der Waals surface area contributed by atoms with Gasteiger partial charge in [-0.2, -0.15) is 0 Å². The molecule has 10 heteroatoms. The largest absolute Gasteiger partial charge is 0.493 e. The summed E-state index contributed by atoms with van der Waals surface area (Å²) in [5, 5.41) is 0. The van der Waals surface area contributed by atoms with E-state index in [9.17, 15) is 18.0 Å². The Labute approximate surface area is 215 Å². The number of halogens is 3. The molecule has 1 aromatic heterocycles. The fourth-order valence-electron chi connectivity index (χ4n) is 5.51. The maximum absolute atomic E-state index is 14.5. The molecule has 200 valence electrons. The first-order valence-electron chi connectivity index (χ1n) is 13.0. The standard InChI is InChI=1S/C27H33F3N4O3/c1-36-16-17-12-31-27(32-13-17)33-5-2-18(3-6-33)22-8-19(22)4-7-37-21-9-24(29)23(25(30)10-21)11-26(35)34-14-20(28)15-34/h9-10,12-13,18-20,22H,2-8,11,14-16H2,1H3. The number of hydrogen-bond donors (Lipinski definition) is 0. The summed E-state index contributed by atoms with van der Waals surface area (Å²) in [5.41, 5.74) is 0.657. The van der Waals surface area contributed by atoms with Gasteiger partial charge in [-0.05, 0) is 43.4 Å². The molecule has 2 saturated heterocycles. The highest BCUT2D eigenvalue weighted by Gasteiger charge is 2.43. The summed E-state index contributed by atoms with van der Waals surface area (Å²) in [4.78, 5) is 24.5. The molecular formula is C27H33F3N4O3. The van der Waals surface area contributed by atoms with Crippen LogP contribution in [0.2, 0.25) is 0 Å². The fraction of sp³-hybridized carbons (Fsp3) is 0.593.